The van der Waals surface area contributed by atoms with Crippen molar-refractivity contribution < 1.29 is 9.53 Å². The monoisotopic (exact) mass is 374 g/mol. The van der Waals surface area contributed by atoms with Gasteiger partial charge in [-0.3, -0.25) is 0 Å². The van der Waals surface area contributed by atoms with Gasteiger partial charge in [0.05, 0.1) is 0 Å². The van der Waals surface area contributed by atoms with Gasteiger partial charge in [-0.15, -0.1) is 0 Å². The van der Waals surface area contributed by atoms with E-state index < -0.39 is 11.6 Å². The van der Waals surface area contributed by atoms with Crippen molar-refractivity contribution >= 4 is 11.8 Å². The van der Waals surface area contributed by atoms with Crippen molar-refractivity contribution in [2.24, 2.45) is 4.99 Å². The molecule has 0 atom stereocenters. The molecule has 28 heavy (non-hydrogen) atoms. The van der Waals surface area contributed by atoms with Gasteiger partial charge >= 0.3 is 5.97 Å². The van der Waals surface area contributed by atoms with Gasteiger partial charge in [0.2, 0.25) is 5.84 Å². The summed E-state index contributed by atoms with van der Waals surface area (Å²) in [6.45, 7) is 6.12. The predicted molar refractivity (Wildman–Crippen MR) is 113 cm³/mol. The van der Waals surface area contributed by atoms with E-state index in [-0.39, 0.29) is 5.84 Å². The van der Waals surface area contributed by atoms with E-state index in [1.54, 1.807) is 6.20 Å². The van der Waals surface area contributed by atoms with Crippen LogP contribution in [0, 0.1) is 0 Å². The number of rotatable bonds is 5. The van der Waals surface area contributed by atoms with Gasteiger partial charge in [0, 0.05) is 18.9 Å². The SMILES string of the molecule is CC(C)(C)OC(=O)C1=NC=C(Cc2ccccc2)C=CN1Cc1ccccc1. The molecule has 0 bridgehead atoms. The van der Waals surface area contributed by atoms with Crippen LogP contribution in [0.4, 0.5) is 0 Å². The second-order valence-electron chi connectivity index (χ2n) is 7.75. The topological polar surface area (TPSA) is 41.9 Å². The van der Waals surface area contributed by atoms with Gasteiger partial charge in [0.25, 0.3) is 0 Å². The molecule has 2 aromatic carbocycles. The number of hydrogen-bond donors (Lipinski definition) is 0. The summed E-state index contributed by atoms with van der Waals surface area (Å²) in [6, 6.07) is 20.2. The molecule has 0 saturated carbocycles. The van der Waals surface area contributed by atoms with Crippen LogP contribution in [-0.4, -0.2) is 22.3 Å². The first-order valence-electron chi connectivity index (χ1n) is 9.43. The molecule has 0 amide bonds. The molecule has 3 rings (SSSR count). The van der Waals surface area contributed by atoms with Crippen LogP contribution in [-0.2, 0) is 22.5 Å². The molecule has 0 N–H and O–H groups in total. The molecule has 0 aliphatic carbocycles. The standard InChI is InChI=1S/C24H26N2O2/c1-24(2,3)28-23(27)22-25-17-21(16-19-10-6-4-7-11-19)14-15-26(22)18-20-12-8-5-9-13-20/h4-15,17H,16,18H2,1-3H3. The maximum atomic E-state index is 12.8. The molecule has 0 radical (unpaired) electrons. The minimum atomic E-state index is -0.579. The maximum Gasteiger partial charge on any atom is 0.375 e. The molecule has 4 nitrogen and oxygen atoms in total. The van der Waals surface area contributed by atoms with Crippen molar-refractivity contribution in [1.82, 2.24) is 4.90 Å². The Labute approximate surface area is 166 Å². The van der Waals surface area contributed by atoms with Crippen molar-refractivity contribution in [3.63, 3.8) is 0 Å². The Balaban J connectivity index is 1.87. The summed E-state index contributed by atoms with van der Waals surface area (Å²) in [5.41, 5.74) is 2.74. The zero-order valence-electron chi connectivity index (χ0n) is 16.6. The number of allylic oxidation sites excluding steroid dienone is 2. The molecule has 1 aliphatic rings. The lowest BCUT2D eigenvalue weighted by Crippen LogP contribution is -2.37. The number of aliphatic imine (C=N–C) groups is 1. The highest BCUT2D eigenvalue weighted by atomic mass is 16.6. The Morgan fingerprint density at radius 3 is 2.18 bits per heavy atom. The smallest absolute Gasteiger partial charge is 0.375 e. The summed E-state index contributed by atoms with van der Waals surface area (Å²) in [7, 11) is 0. The normalized spacial score (nSPS) is 14.2. The molecule has 0 fully saturated rings. The maximum absolute atomic E-state index is 12.8. The largest absolute Gasteiger partial charge is 0.454 e. The molecule has 0 saturated heterocycles. The Bertz CT molecular complexity index is 891. The lowest BCUT2D eigenvalue weighted by atomic mass is 10.1. The molecule has 144 valence electrons. The summed E-state index contributed by atoms with van der Waals surface area (Å²) in [4.78, 5) is 19.1. The zero-order chi connectivity index (χ0) is 20.0. The van der Waals surface area contributed by atoms with Crippen LogP contribution in [0.25, 0.3) is 0 Å². The van der Waals surface area contributed by atoms with E-state index in [1.807, 2.05) is 86.5 Å². The van der Waals surface area contributed by atoms with Gasteiger partial charge in [0.1, 0.15) is 5.60 Å². The van der Waals surface area contributed by atoms with E-state index in [4.69, 9.17) is 4.74 Å². The molecule has 2 aromatic rings. The van der Waals surface area contributed by atoms with Crippen LogP contribution in [0.15, 0.2) is 89.7 Å². The van der Waals surface area contributed by atoms with Gasteiger partial charge in [-0.2, -0.15) is 0 Å². The van der Waals surface area contributed by atoms with Crippen LogP contribution in [0.3, 0.4) is 0 Å². The molecule has 0 spiro atoms. The third-order valence-electron chi connectivity index (χ3n) is 4.12. The van der Waals surface area contributed by atoms with Crippen molar-refractivity contribution in [3.05, 3.63) is 95.8 Å². The molecule has 0 unspecified atom stereocenters. The highest BCUT2D eigenvalue weighted by molar-refractivity contribution is 6.35. The van der Waals surface area contributed by atoms with Crippen LogP contribution < -0.4 is 0 Å². The fraction of sp³-hybridized carbons (Fsp3) is 0.250. The number of hydrogen-bond acceptors (Lipinski definition) is 4. The number of ether oxygens (including phenoxy) is 1. The van der Waals surface area contributed by atoms with E-state index in [1.165, 1.54) is 5.56 Å². The van der Waals surface area contributed by atoms with Gasteiger partial charge in [-0.05, 0) is 50.0 Å². The first-order chi connectivity index (χ1) is 13.4. The predicted octanol–water partition coefficient (Wildman–Crippen LogP) is 4.88. The first-order valence-corrected chi connectivity index (χ1v) is 9.43. The van der Waals surface area contributed by atoms with Crippen LogP contribution in [0.2, 0.25) is 0 Å². The van der Waals surface area contributed by atoms with Crippen molar-refractivity contribution in [2.45, 2.75) is 39.3 Å². The third-order valence-corrected chi connectivity index (χ3v) is 4.12. The lowest BCUT2D eigenvalue weighted by molar-refractivity contribution is -0.146. The number of carbonyl (C=O) groups excluding carboxylic acids is 1. The third kappa shape index (κ3) is 5.68. The highest BCUT2D eigenvalue weighted by Crippen LogP contribution is 2.17. The highest BCUT2D eigenvalue weighted by Gasteiger charge is 2.25. The van der Waals surface area contributed by atoms with Gasteiger partial charge in [-0.1, -0.05) is 60.7 Å². The van der Waals surface area contributed by atoms with Crippen LogP contribution >= 0.6 is 0 Å². The average molecular weight is 374 g/mol. The number of amidine groups is 1. The quantitative estimate of drug-likeness (QED) is 0.700. The van der Waals surface area contributed by atoms with Gasteiger partial charge in [-0.25, -0.2) is 9.79 Å². The fourth-order valence-corrected chi connectivity index (χ4v) is 2.86. The number of carbonyl (C=O) groups is 1. The van der Waals surface area contributed by atoms with Crippen LogP contribution in [0.5, 0.6) is 0 Å². The molecule has 1 aliphatic heterocycles. The fourth-order valence-electron chi connectivity index (χ4n) is 2.86. The van der Waals surface area contributed by atoms with Crippen molar-refractivity contribution in [3.8, 4) is 0 Å². The van der Waals surface area contributed by atoms with Crippen LogP contribution in [0.1, 0.15) is 31.9 Å². The number of nitrogens with zero attached hydrogens (tertiary/aromatic N) is 2. The molecular formula is C24H26N2O2. The Kier molecular flexibility index (Phi) is 6.09. The minimum absolute atomic E-state index is 0.290. The van der Waals surface area contributed by atoms with Crippen molar-refractivity contribution in [1.29, 1.82) is 0 Å². The number of esters is 1. The summed E-state index contributed by atoms with van der Waals surface area (Å²) in [5, 5.41) is 0. The van der Waals surface area contributed by atoms with E-state index in [0.717, 1.165) is 17.6 Å². The molecular weight excluding hydrogens is 348 g/mol. The summed E-state index contributed by atoms with van der Waals surface area (Å²) in [5.74, 6) is -0.136. The second kappa shape index (κ2) is 8.70. The Morgan fingerprint density at radius 1 is 0.964 bits per heavy atom. The van der Waals surface area contributed by atoms with E-state index in [0.29, 0.717) is 6.54 Å². The lowest BCUT2D eigenvalue weighted by Gasteiger charge is -2.24. The van der Waals surface area contributed by atoms with E-state index >= 15 is 0 Å². The average Bonchev–Trinajstić information content (AvgIpc) is 2.85. The second-order valence-corrected chi connectivity index (χ2v) is 7.75. The van der Waals surface area contributed by atoms with Gasteiger partial charge < -0.3 is 9.64 Å². The summed E-state index contributed by atoms with van der Waals surface area (Å²) >= 11 is 0. The minimum Gasteiger partial charge on any atom is -0.454 e. The van der Waals surface area contributed by atoms with E-state index in [9.17, 15) is 4.79 Å². The Morgan fingerprint density at radius 2 is 1.57 bits per heavy atom. The zero-order valence-corrected chi connectivity index (χ0v) is 16.6. The number of benzene rings is 2. The summed E-state index contributed by atoms with van der Waals surface area (Å²) in [6.07, 6.45) is 6.43. The molecule has 4 heteroatoms. The van der Waals surface area contributed by atoms with Gasteiger partial charge in [0.15, 0.2) is 0 Å². The molecule has 1 heterocycles. The Hall–Kier alpha value is -3.14. The summed E-state index contributed by atoms with van der Waals surface area (Å²) < 4.78 is 5.58. The van der Waals surface area contributed by atoms with Crippen molar-refractivity contribution in [2.75, 3.05) is 0 Å². The van der Waals surface area contributed by atoms with E-state index in [2.05, 4.69) is 17.1 Å². The first kappa shape index (κ1) is 19.6. The molecule has 0 aromatic heterocycles.